The molecule has 21 heavy (non-hydrogen) atoms. The zero-order valence-electron chi connectivity index (χ0n) is 11.3. The number of nitrogens with two attached hydrogens (primary N) is 1. The molecule has 1 heterocycles. The molecule has 3 N–H and O–H groups in total. The van der Waals surface area contributed by atoms with Crippen LogP contribution >= 0.6 is 11.8 Å². The van der Waals surface area contributed by atoms with E-state index in [2.05, 4.69) is 15.3 Å². The van der Waals surface area contributed by atoms with Crippen LogP contribution in [0.25, 0.3) is 0 Å². The minimum Gasteiger partial charge on any atom is -0.369 e. The molecule has 0 spiro atoms. The van der Waals surface area contributed by atoms with Gasteiger partial charge in [0.15, 0.2) is 5.16 Å². The summed E-state index contributed by atoms with van der Waals surface area (Å²) in [6.07, 6.45) is -0.213. The number of carbonyl (C=O) groups excluding carboxylic acids is 1. The number of hydrogen-bond acceptors (Lipinski definition) is 5. The molecule has 1 fully saturated rings. The van der Waals surface area contributed by atoms with Crippen LogP contribution in [0.3, 0.4) is 0 Å². The molecule has 1 aliphatic carbocycles. The van der Waals surface area contributed by atoms with Gasteiger partial charge < -0.3 is 11.1 Å². The van der Waals surface area contributed by atoms with Crippen LogP contribution in [-0.2, 0) is 11.0 Å². The van der Waals surface area contributed by atoms with E-state index in [1.165, 1.54) is 0 Å². The molecule has 1 aromatic heterocycles. The standard InChI is InChI=1S/C12H15F3N4OS/c1-21-11-17-5-7(12(13,14)15)10(19-11)18-8-4-2-3-6(8)9(16)20/h5-6,8H,2-4H2,1H3,(H2,16,20)(H,17,18,19)/t6-,8+/m0/s1. The third kappa shape index (κ3) is 3.58. The second-order valence-electron chi connectivity index (χ2n) is 4.81. The second kappa shape index (κ2) is 6.08. The van der Waals surface area contributed by atoms with Gasteiger partial charge in [0, 0.05) is 12.2 Å². The van der Waals surface area contributed by atoms with Crippen LogP contribution in [0.1, 0.15) is 24.8 Å². The first-order chi connectivity index (χ1) is 9.82. The van der Waals surface area contributed by atoms with Gasteiger partial charge in [-0.05, 0) is 19.1 Å². The Morgan fingerprint density at radius 1 is 1.48 bits per heavy atom. The van der Waals surface area contributed by atoms with Gasteiger partial charge in [-0.1, -0.05) is 18.2 Å². The quantitative estimate of drug-likeness (QED) is 0.657. The third-order valence-electron chi connectivity index (χ3n) is 3.46. The molecule has 0 saturated heterocycles. The number of primary amides is 1. The highest BCUT2D eigenvalue weighted by Gasteiger charge is 2.38. The van der Waals surface area contributed by atoms with E-state index in [0.717, 1.165) is 24.4 Å². The van der Waals surface area contributed by atoms with E-state index in [1.54, 1.807) is 6.26 Å². The molecule has 9 heteroatoms. The van der Waals surface area contributed by atoms with Crippen LogP contribution in [0.15, 0.2) is 11.4 Å². The number of halogens is 3. The monoisotopic (exact) mass is 320 g/mol. The molecule has 0 aromatic carbocycles. The molecule has 2 atom stereocenters. The van der Waals surface area contributed by atoms with Crippen LogP contribution in [0.5, 0.6) is 0 Å². The molecule has 0 bridgehead atoms. The molecule has 116 valence electrons. The molecule has 0 radical (unpaired) electrons. The molecule has 0 aliphatic heterocycles. The molecule has 1 amide bonds. The van der Waals surface area contributed by atoms with Gasteiger partial charge in [-0.3, -0.25) is 4.79 Å². The fourth-order valence-corrected chi connectivity index (χ4v) is 2.77. The number of aromatic nitrogens is 2. The maximum atomic E-state index is 13.0. The topological polar surface area (TPSA) is 80.9 Å². The van der Waals surface area contributed by atoms with E-state index < -0.39 is 29.6 Å². The van der Waals surface area contributed by atoms with E-state index in [4.69, 9.17) is 5.73 Å². The number of hydrogen-bond donors (Lipinski definition) is 2. The first-order valence-corrected chi connectivity index (χ1v) is 7.59. The summed E-state index contributed by atoms with van der Waals surface area (Å²) in [6.45, 7) is 0. The number of carbonyl (C=O) groups is 1. The number of nitrogens with zero attached hydrogens (tertiary/aromatic N) is 2. The van der Waals surface area contributed by atoms with Crippen LogP contribution < -0.4 is 11.1 Å². The Hall–Kier alpha value is -1.51. The van der Waals surface area contributed by atoms with Crippen LogP contribution in [0, 0.1) is 5.92 Å². The summed E-state index contributed by atoms with van der Waals surface area (Å²) >= 11 is 1.15. The van der Waals surface area contributed by atoms with Crippen molar-refractivity contribution < 1.29 is 18.0 Å². The van der Waals surface area contributed by atoms with Gasteiger partial charge in [0.1, 0.15) is 11.4 Å². The highest BCUT2D eigenvalue weighted by Crippen LogP contribution is 2.36. The Labute approximate surface area is 123 Å². The van der Waals surface area contributed by atoms with Gasteiger partial charge in [-0.25, -0.2) is 9.97 Å². The molecule has 2 rings (SSSR count). The highest BCUT2D eigenvalue weighted by atomic mass is 32.2. The largest absolute Gasteiger partial charge is 0.421 e. The molecule has 0 unspecified atom stereocenters. The zero-order chi connectivity index (χ0) is 15.6. The van der Waals surface area contributed by atoms with E-state index in [-0.39, 0.29) is 11.0 Å². The Bertz CT molecular complexity index is 538. The van der Waals surface area contributed by atoms with Crippen molar-refractivity contribution in [2.24, 2.45) is 11.7 Å². The zero-order valence-corrected chi connectivity index (χ0v) is 12.1. The van der Waals surface area contributed by atoms with Gasteiger partial charge >= 0.3 is 6.18 Å². The third-order valence-corrected chi connectivity index (χ3v) is 4.02. The van der Waals surface area contributed by atoms with Crippen molar-refractivity contribution in [2.75, 3.05) is 11.6 Å². The number of nitrogens with one attached hydrogen (secondary N) is 1. The SMILES string of the molecule is CSc1ncc(C(F)(F)F)c(N[C@@H]2CCC[C@@H]2C(N)=O)n1. The van der Waals surface area contributed by atoms with Gasteiger partial charge in [-0.2, -0.15) is 13.2 Å². The summed E-state index contributed by atoms with van der Waals surface area (Å²) in [5.41, 5.74) is 4.35. The van der Waals surface area contributed by atoms with Gasteiger partial charge in [0.05, 0.1) is 5.92 Å². The lowest BCUT2D eigenvalue weighted by Crippen LogP contribution is -2.35. The summed E-state index contributed by atoms with van der Waals surface area (Å²) in [6, 6.07) is -0.423. The van der Waals surface area contributed by atoms with E-state index in [1.807, 2.05) is 0 Å². The fraction of sp³-hybridized carbons (Fsp3) is 0.583. The average Bonchev–Trinajstić information content (AvgIpc) is 2.85. The number of rotatable bonds is 4. The predicted molar refractivity (Wildman–Crippen MR) is 72.8 cm³/mol. The van der Waals surface area contributed by atoms with Crippen LogP contribution in [-0.4, -0.2) is 28.2 Å². The van der Waals surface area contributed by atoms with Gasteiger partial charge in [0.2, 0.25) is 5.91 Å². The lowest BCUT2D eigenvalue weighted by Gasteiger charge is -2.21. The summed E-state index contributed by atoms with van der Waals surface area (Å²) < 4.78 is 39.0. The van der Waals surface area contributed by atoms with E-state index in [0.29, 0.717) is 12.8 Å². The Balaban J connectivity index is 2.31. The lowest BCUT2D eigenvalue weighted by molar-refractivity contribution is -0.137. The molecule has 1 saturated carbocycles. The fourth-order valence-electron chi connectivity index (χ4n) is 2.43. The van der Waals surface area contributed by atoms with Crippen LogP contribution in [0.2, 0.25) is 0 Å². The molecule has 1 aliphatic rings. The summed E-state index contributed by atoms with van der Waals surface area (Å²) in [5.74, 6) is -1.27. The van der Waals surface area contributed by atoms with Crippen molar-refractivity contribution in [3.8, 4) is 0 Å². The minimum absolute atomic E-state index is 0.235. The van der Waals surface area contributed by atoms with Crippen molar-refractivity contribution in [3.63, 3.8) is 0 Å². The second-order valence-corrected chi connectivity index (χ2v) is 5.58. The molecule has 5 nitrogen and oxygen atoms in total. The Morgan fingerprint density at radius 2 is 2.19 bits per heavy atom. The Kier molecular flexibility index (Phi) is 4.60. The first-order valence-electron chi connectivity index (χ1n) is 6.37. The smallest absolute Gasteiger partial charge is 0.369 e. The Morgan fingerprint density at radius 3 is 2.76 bits per heavy atom. The number of anilines is 1. The van der Waals surface area contributed by atoms with E-state index >= 15 is 0 Å². The predicted octanol–water partition coefficient (Wildman–Crippen LogP) is 2.28. The maximum absolute atomic E-state index is 13.0. The molecular formula is C12H15F3N4OS. The first kappa shape index (κ1) is 15.9. The van der Waals surface area contributed by atoms with Crippen molar-refractivity contribution in [3.05, 3.63) is 11.8 Å². The molecule has 1 aromatic rings. The van der Waals surface area contributed by atoms with Gasteiger partial charge in [-0.15, -0.1) is 0 Å². The summed E-state index contributed by atoms with van der Waals surface area (Å²) in [4.78, 5) is 18.9. The maximum Gasteiger partial charge on any atom is 0.421 e. The normalized spacial score (nSPS) is 22.3. The van der Waals surface area contributed by atoms with Crippen molar-refractivity contribution in [1.29, 1.82) is 0 Å². The number of amides is 1. The molecular weight excluding hydrogens is 305 g/mol. The van der Waals surface area contributed by atoms with Crippen molar-refractivity contribution in [2.45, 2.75) is 36.6 Å². The number of thioether (sulfide) groups is 1. The minimum atomic E-state index is -4.56. The van der Waals surface area contributed by atoms with Gasteiger partial charge in [0.25, 0.3) is 0 Å². The van der Waals surface area contributed by atoms with Crippen molar-refractivity contribution in [1.82, 2.24) is 9.97 Å². The summed E-state index contributed by atoms with van der Waals surface area (Å²) in [7, 11) is 0. The van der Waals surface area contributed by atoms with Crippen LogP contribution in [0.4, 0.5) is 19.0 Å². The lowest BCUT2D eigenvalue weighted by atomic mass is 10.0. The van der Waals surface area contributed by atoms with Crippen molar-refractivity contribution >= 4 is 23.5 Å². The van der Waals surface area contributed by atoms with E-state index in [9.17, 15) is 18.0 Å². The highest BCUT2D eigenvalue weighted by molar-refractivity contribution is 7.98. The number of alkyl halides is 3. The average molecular weight is 320 g/mol. The summed E-state index contributed by atoms with van der Waals surface area (Å²) in [5, 5.41) is 2.97.